The first-order valence-corrected chi connectivity index (χ1v) is 42.8. The molecular formula is C83H142O17P2. The Morgan fingerprint density at radius 1 is 0.284 bits per heavy atom. The summed E-state index contributed by atoms with van der Waals surface area (Å²) in [5.74, 6) is -2.23. The number of allylic oxidation sites excluding steroid dienone is 20. The van der Waals surface area contributed by atoms with E-state index in [0.717, 1.165) is 205 Å². The molecule has 17 nitrogen and oxygen atoms in total. The molecule has 0 aromatic carbocycles. The van der Waals surface area contributed by atoms with Crippen LogP contribution >= 0.6 is 15.6 Å². The van der Waals surface area contributed by atoms with Crippen LogP contribution in [0.25, 0.3) is 0 Å². The smallest absolute Gasteiger partial charge is 0.462 e. The molecule has 0 spiro atoms. The predicted molar refractivity (Wildman–Crippen MR) is 418 cm³/mol. The Bertz CT molecular complexity index is 2410. The molecule has 3 N–H and O–H groups in total. The standard InChI is InChI=1S/C83H142O17P2/c1-5-9-13-17-21-25-29-33-36-37-38-39-42-45-48-52-56-60-64-68-81(86)94-74-79(100-83(88)70-66-62-58-54-50-46-41-35-31-27-23-19-15-11-7-3)76-98-102(91,92)96-72-77(84)71-95-101(89,90)97-75-78(99-82(87)69-65-61-57-53-49-43-32-28-24-20-16-12-8-4)73-93-80(85)67-63-59-55-51-47-44-40-34-30-26-22-18-14-10-6-2/h11,15-16,20-23,25-28,32-36,38-41,77-79,84H,5-10,12-14,17-19,24,29-31,37,42-76H2,1-4H3,(H,89,90)(H,91,92)/b15-11-,20-16-,25-21-,26-22-,27-23-,32-28-,36-33-,39-38-,40-34-,41-35-. The lowest BCUT2D eigenvalue weighted by Crippen LogP contribution is -2.30. The molecule has 0 bridgehead atoms. The Balaban J connectivity index is 5.38. The number of esters is 4. The number of unbranched alkanes of at least 4 members (excludes halogenated alkanes) is 28. The number of rotatable bonds is 74. The number of hydrogen-bond acceptors (Lipinski definition) is 15. The third-order valence-corrected chi connectivity index (χ3v) is 18.3. The monoisotopic (exact) mass is 1470 g/mol. The minimum Gasteiger partial charge on any atom is -0.462 e. The summed E-state index contributed by atoms with van der Waals surface area (Å²) in [6, 6.07) is 0. The molecule has 0 aliphatic rings. The maximum atomic E-state index is 13.1. The molecule has 0 fully saturated rings. The minimum absolute atomic E-state index is 0.0699. The molecule has 19 heteroatoms. The van der Waals surface area contributed by atoms with E-state index in [4.69, 9.17) is 37.0 Å². The summed E-state index contributed by atoms with van der Waals surface area (Å²) in [7, 11) is -9.97. The number of aliphatic hydroxyl groups is 1. The fourth-order valence-corrected chi connectivity index (χ4v) is 11.9. The molecule has 0 aliphatic carbocycles. The fraction of sp³-hybridized carbons (Fsp3) is 0.711. The van der Waals surface area contributed by atoms with Crippen LogP contribution in [0.2, 0.25) is 0 Å². The van der Waals surface area contributed by atoms with E-state index in [1.807, 2.05) is 0 Å². The Hall–Kier alpha value is -4.54. The summed E-state index contributed by atoms with van der Waals surface area (Å²) >= 11 is 0. The molecule has 0 aromatic heterocycles. The molecule has 0 aliphatic heterocycles. The highest BCUT2D eigenvalue weighted by atomic mass is 31.2. The number of ether oxygens (including phenoxy) is 4. The van der Waals surface area contributed by atoms with E-state index in [1.165, 1.54) is 38.5 Å². The van der Waals surface area contributed by atoms with Gasteiger partial charge in [-0.2, -0.15) is 0 Å². The maximum Gasteiger partial charge on any atom is 0.472 e. The first kappa shape index (κ1) is 97.5. The third kappa shape index (κ3) is 73.8. The van der Waals surface area contributed by atoms with Crippen LogP contribution in [0, 0.1) is 0 Å². The third-order valence-electron chi connectivity index (χ3n) is 16.4. The van der Waals surface area contributed by atoms with Crippen LogP contribution in [0.4, 0.5) is 0 Å². The van der Waals surface area contributed by atoms with Crippen LogP contribution in [0.3, 0.4) is 0 Å². The molecule has 102 heavy (non-hydrogen) atoms. The van der Waals surface area contributed by atoms with E-state index in [0.29, 0.717) is 25.7 Å². The molecule has 0 rings (SSSR count). The van der Waals surface area contributed by atoms with Crippen molar-refractivity contribution in [1.29, 1.82) is 0 Å². The second-order valence-corrected chi connectivity index (χ2v) is 29.2. The molecular weight excluding hydrogens is 1330 g/mol. The average molecular weight is 1470 g/mol. The summed E-state index contributed by atoms with van der Waals surface area (Å²) in [6.07, 6.45) is 81.7. The van der Waals surface area contributed by atoms with Gasteiger partial charge in [-0.05, 0) is 154 Å². The summed E-state index contributed by atoms with van der Waals surface area (Å²) < 4.78 is 68.5. The number of phosphoric ester groups is 2. The molecule has 0 amide bonds. The first-order chi connectivity index (χ1) is 49.7. The Morgan fingerprint density at radius 3 is 0.824 bits per heavy atom. The van der Waals surface area contributed by atoms with Gasteiger partial charge in [0.25, 0.3) is 0 Å². The number of aliphatic hydroxyl groups excluding tert-OH is 1. The van der Waals surface area contributed by atoms with Crippen molar-refractivity contribution in [3.05, 3.63) is 122 Å². The average Bonchev–Trinajstić information content (AvgIpc) is 0.907. The van der Waals surface area contributed by atoms with E-state index in [2.05, 4.69) is 149 Å². The molecule has 0 saturated heterocycles. The zero-order chi connectivity index (χ0) is 74.6. The lowest BCUT2D eigenvalue weighted by molar-refractivity contribution is -0.161. The Labute approximate surface area is 619 Å². The van der Waals surface area contributed by atoms with Gasteiger partial charge in [0.05, 0.1) is 26.4 Å². The van der Waals surface area contributed by atoms with Gasteiger partial charge < -0.3 is 33.8 Å². The topological polar surface area (TPSA) is 237 Å². The van der Waals surface area contributed by atoms with Gasteiger partial charge in [0.1, 0.15) is 19.3 Å². The van der Waals surface area contributed by atoms with Crippen LogP contribution in [0.5, 0.6) is 0 Å². The second-order valence-electron chi connectivity index (χ2n) is 26.3. The van der Waals surface area contributed by atoms with Gasteiger partial charge in [0, 0.05) is 25.7 Å². The zero-order valence-electron chi connectivity index (χ0n) is 64.0. The fourth-order valence-electron chi connectivity index (χ4n) is 10.3. The van der Waals surface area contributed by atoms with E-state index >= 15 is 0 Å². The maximum absolute atomic E-state index is 13.1. The Morgan fingerprint density at radius 2 is 0.529 bits per heavy atom. The molecule has 5 atom stereocenters. The van der Waals surface area contributed by atoms with Crippen LogP contribution in [0.15, 0.2) is 122 Å². The lowest BCUT2D eigenvalue weighted by Gasteiger charge is -2.21. The van der Waals surface area contributed by atoms with Crippen LogP contribution < -0.4 is 0 Å². The van der Waals surface area contributed by atoms with Crippen LogP contribution in [-0.2, 0) is 65.4 Å². The minimum atomic E-state index is -4.99. The van der Waals surface area contributed by atoms with E-state index < -0.39 is 97.5 Å². The van der Waals surface area contributed by atoms with Crippen molar-refractivity contribution >= 4 is 39.5 Å². The SMILES string of the molecule is CC/C=C\C/C=C\C/C=C\CCCCCCCC(=O)OC(COC(=O)CCCCCCCC/C=C\C/C=C\C/C=C\CCCCC)COP(=O)(O)OCC(O)COP(=O)(O)OCC(COC(=O)CCCCCCC/C=C\C/C=C\CCCCC)OC(=O)CCCCCCC/C=C\C/C=C\CCC. The number of hydrogen-bond donors (Lipinski definition) is 3. The van der Waals surface area contributed by atoms with Crippen molar-refractivity contribution in [2.24, 2.45) is 0 Å². The van der Waals surface area contributed by atoms with Gasteiger partial charge >= 0.3 is 39.5 Å². The Kier molecular flexibility index (Phi) is 71.4. The summed E-state index contributed by atoms with van der Waals surface area (Å²) in [4.78, 5) is 73.0. The second kappa shape index (κ2) is 74.7. The first-order valence-electron chi connectivity index (χ1n) is 39.8. The van der Waals surface area contributed by atoms with Gasteiger partial charge in [-0.3, -0.25) is 37.3 Å². The van der Waals surface area contributed by atoms with Crippen molar-refractivity contribution in [2.45, 2.75) is 341 Å². The number of phosphoric acid groups is 2. The van der Waals surface area contributed by atoms with Gasteiger partial charge in [-0.1, -0.05) is 265 Å². The van der Waals surface area contributed by atoms with Crippen molar-refractivity contribution in [2.75, 3.05) is 39.6 Å². The molecule has 0 saturated carbocycles. The number of carbonyl (C=O) groups excluding carboxylic acids is 4. The van der Waals surface area contributed by atoms with Crippen LogP contribution in [-0.4, -0.2) is 96.7 Å². The van der Waals surface area contributed by atoms with Crippen molar-refractivity contribution < 1.29 is 80.2 Å². The summed E-state index contributed by atoms with van der Waals surface area (Å²) in [6.45, 7) is 4.59. The van der Waals surface area contributed by atoms with E-state index in [-0.39, 0.29) is 25.7 Å². The van der Waals surface area contributed by atoms with E-state index in [9.17, 15) is 43.2 Å². The van der Waals surface area contributed by atoms with Gasteiger partial charge in [0.2, 0.25) is 0 Å². The molecule has 5 unspecified atom stereocenters. The molecule has 0 radical (unpaired) electrons. The number of carbonyl (C=O) groups is 4. The van der Waals surface area contributed by atoms with Crippen molar-refractivity contribution in [3.8, 4) is 0 Å². The summed E-state index contributed by atoms with van der Waals surface area (Å²) in [5, 5.41) is 10.6. The quantitative estimate of drug-likeness (QED) is 0.0169. The van der Waals surface area contributed by atoms with Crippen molar-refractivity contribution in [1.82, 2.24) is 0 Å². The van der Waals surface area contributed by atoms with E-state index in [1.54, 1.807) is 0 Å². The zero-order valence-corrected chi connectivity index (χ0v) is 65.8. The van der Waals surface area contributed by atoms with Gasteiger partial charge in [-0.25, -0.2) is 9.13 Å². The van der Waals surface area contributed by atoms with Gasteiger partial charge in [-0.15, -0.1) is 0 Å². The van der Waals surface area contributed by atoms with Crippen molar-refractivity contribution in [3.63, 3.8) is 0 Å². The summed E-state index contributed by atoms with van der Waals surface area (Å²) in [5.41, 5.74) is 0. The molecule has 0 heterocycles. The van der Waals surface area contributed by atoms with Gasteiger partial charge in [0.15, 0.2) is 12.2 Å². The highest BCUT2D eigenvalue weighted by Gasteiger charge is 2.30. The lowest BCUT2D eigenvalue weighted by atomic mass is 10.1. The normalized spacial score (nSPS) is 14.5. The largest absolute Gasteiger partial charge is 0.472 e. The highest BCUT2D eigenvalue weighted by Crippen LogP contribution is 2.45. The highest BCUT2D eigenvalue weighted by molar-refractivity contribution is 7.47. The van der Waals surface area contributed by atoms with Crippen LogP contribution in [0.1, 0.15) is 323 Å². The molecule has 586 valence electrons. The predicted octanol–water partition coefficient (Wildman–Crippen LogP) is 23.1. The molecule has 0 aromatic rings.